The molecule has 19 heavy (non-hydrogen) atoms. The molecule has 1 fully saturated rings. The highest BCUT2D eigenvalue weighted by atomic mass is 15.1. The number of hydrogen-bond donors (Lipinski definition) is 2. The number of nitrogens with one attached hydrogen (secondary N) is 2. The van der Waals surface area contributed by atoms with E-state index in [0.29, 0.717) is 12.1 Å². The van der Waals surface area contributed by atoms with Crippen LogP contribution in [-0.4, -0.2) is 29.1 Å². The van der Waals surface area contributed by atoms with Crippen molar-refractivity contribution in [1.82, 2.24) is 15.3 Å². The van der Waals surface area contributed by atoms with Crippen LogP contribution in [0.5, 0.6) is 0 Å². The van der Waals surface area contributed by atoms with Crippen LogP contribution < -0.4 is 10.6 Å². The van der Waals surface area contributed by atoms with E-state index in [-0.39, 0.29) is 0 Å². The first-order valence-corrected chi connectivity index (χ1v) is 7.01. The highest BCUT2D eigenvalue weighted by Crippen LogP contribution is 2.21. The van der Waals surface area contributed by atoms with Crippen LogP contribution in [0, 0.1) is 0 Å². The number of benzene rings is 1. The van der Waals surface area contributed by atoms with E-state index in [1.165, 1.54) is 25.7 Å². The molecule has 0 radical (unpaired) electrons. The first-order chi connectivity index (χ1) is 9.35. The van der Waals surface area contributed by atoms with Crippen LogP contribution in [0.4, 0.5) is 5.95 Å². The Bertz CT molecular complexity index is 547. The van der Waals surface area contributed by atoms with E-state index >= 15 is 0 Å². The predicted molar refractivity (Wildman–Crippen MR) is 78.3 cm³/mol. The van der Waals surface area contributed by atoms with Crippen LogP contribution in [0.25, 0.3) is 10.9 Å². The lowest BCUT2D eigenvalue weighted by Crippen LogP contribution is -2.35. The SMILES string of the molecule is CNC1CCC(Nc2ncc3ccccc3n2)CC1. The Balaban J connectivity index is 1.68. The molecule has 100 valence electrons. The maximum Gasteiger partial charge on any atom is 0.223 e. The molecule has 1 aromatic heterocycles. The van der Waals surface area contributed by atoms with E-state index in [2.05, 4.69) is 20.6 Å². The van der Waals surface area contributed by atoms with Crippen molar-refractivity contribution in [3.05, 3.63) is 30.5 Å². The summed E-state index contributed by atoms with van der Waals surface area (Å²) in [5, 5.41) is 7.91. The fourth-order valence-corrected chi connectivity index (χ4v) is 2.75. The Hall–Kier alpha value is -1.68. The Morgan fingerprint density at radius 3 is 2.58 bits per heavy atom. The monoisotopic (exact) mass is 256 g/mol. The summed E-state index contributed by atoms with van der Waals surface area (Å²) in [5.74, 6) is 0.756. The van der Waals surface area contributed by atoms with Gasteiger partial charge in [-0.1, -0.05) is 18.2 Å². The topological polar surface area (TPSA) is 49.8 Å². The maximum atomic E-state index is 4.57. The standard InChI is InChI=1S/C15H20N4/c1-16-12-6-8-13(9-7-12)18-15-17-10-11-4-2-3-5-14(11)19-15/h2-5,10,12-13,16H,6-9H2,1H3,(H,17,18,19). The molecule has 0 amide bonds. The first kappa shape index (κ1) is 12.4. The molecule has 1 aliphatic rings. The van der Waals surface area contributed by atoms with Gasteiger partial charge in [0, 0.05) is 23.7 Å². The van der Waals surface area contributed by atoms with E-state index in [9.17, 15) is 0 Å². The van der Waals surface area contributed by atoms with Gasteiger partial charge in [0.05, 0.1) is 5.52 Å². The average Bonchev–Trinajstić information content (AvgIpc) is 2.48. The van der Waals surface area contributed by atoms with Crippen LogP contribution in [0.1, 0.15) is 25.7 Å². The molecule has 3 rings (SSSR count). The summed E-state index contributed by atoms with van der Waals surface area (Å²) < 4.78 is 0. The number of nitrogens with zero attached hydrogens (tertiary/aromatic N) is 2. The second kappa shape index (κ2) is 5.53. The molecule has 1 aliphatic carbocycles. The molecule has 0 saturated heterocycles. The second-order valence-electron chi connectivity index (χ2n) is 5.23. The maximum absolute atomic E-state index is 4.57. The van der Waals surface area contributed by atoms with Crippen molar-refractivity contribution in [2.24, 2.45) is 0 Å². The minimum Gasteiger partial charge on any atom is -0.351 e. The minimum atomic E-state index is 0.505. The van der Waals surface area contributed by atoms with E-state index in [4.69, 9.17) is 0 Å². The van der Waals surface area contributed by atoms with E-state index in [1.807, 2.05) is 37.5 Å². The highest BCUT2D eigenvalue weighted by molar-refractivity contribution is 5.78. The fraction of sp³-hybridized carbons (Fsp3) is 0.467. The Morgan fingerprint density at radius 1 is 1.05 bits per heavy atom. The molecule has 2 aromatic rings. The van der Waals surface area contributed by atoms with Gasteiger partial charge < -0.3 is 10.6 Å². The molecule has 4 heteroatoms. The number of aromatic nitrogens is 2. The molecule has 2 N–H and O–H groups in total. The van der Waals surface area contributed by atoms with Gasteiger partial charge in [0.25, 0.3) is 0 Å². The number of rotatable bonds is 3. The lowest BCUT2D eigenvalue weighted by molar-refractivity contribution is 0.370. The summed E-state index contributed by atoms with van der Waals surface area (Å²) in [4.78, 5) is 8.97. The fourth-order valence-electron chi connectivity index (χ4n) is 2.75. The van der Waals surface area contributed by atoms with Gasteiger partial charge in [-0.05, 0) is 38.8 Å². The van der Waals surface area contributed by atoms with Gasteiger partial charge in [-0.3, -0.25) is 0 Å². The summed E-state index contributed by atoms with van der Waals surface area (Å²) in [7, 11) is 2.05. The van der Waals surface area contributed by atoms with Gasteiger partial charge in [0.15, 0.2) is 0 Å². The molecule has 1 saturated carbocycles. The summed E-state index contributed by atoms with van der Waals surface area (Å²) in [6.45, 7) is 0. The Labute approximate surface area is 113 Å². The molecule has 0 atom stereocenters. The van der Waals surface area contributed by atoms with Crippen molar-refractivity contribution in [3.8, 4) is 0 Å². The third-order valence-corrected chi connectivity index (χ3v) is 3.96. The van der Waals surface area contributed by atoms with E-state index in [0.717, 1.165) is 16.9 Å². The normalized spacial score (nSPS) is 23.4. The summed E-state index contributed by atoms with van der Waals surface area (Å²) in [5.41, 5.74) is 1.00. The van der Waals surface area contributed by atoms with E-state index in [1.54, 1.807) is 0 Å². The van der Waals surface area contributed by atoms with Crippen molar-refractivity contribution in [3.63, 3.8) is 0 Å². The van der Waals surface area contributed by atoms with Gasteiger partial charge in [-0.15, -0.1) is 0 Å². The molecule has 1 aromatic carbocycles. The van der Waals surface area contributed by atoms with Crippen molar-refractivity contribution in [2.75, 3.05) is 12.4 Å². The quantitative estimate of drug-likeness (QED) is 0.886. The molecular formula is C15H20N4. The van der Waals surface area contributed by atoms with Crippen molar-refractivity contribution < 1.29 is 0 Å². The van der Waals surface area contributed by atoms with Crippen LogP contribution in [-0.2, 0) is 0 Å². The van der Waals surface area contributed by atoms with Gasteiger partial charge >= 0.3 is 0 Å². The largest absolute Gasteiger partial charge is 0.351 e. The zero-order valence-corrected chi connectivity index (χ0v) is 11.3. The van der Waals surface area contributed by atoms with Gasteiger partial charge in [0.1, 0.15) is 0 Å². The highest BCUT2D eigenvalue weighted by Gasteiger charge is 2.20. The zero-order chi connectivity index (χ0) is 13.1. The minimum absolute atomic E-state index is 0.505. The lowest BCUT2D eigenvalue weighted by Gasteiger charge is -2.28. The van der Waals surface area contributed by atoms with Crippen LogP contribution in [0.3, 0.4) is 0 Å². The van der Waals surface area contributed by atoms with Crippen LogP contribution in [0.2, 0.25) is 0 Å². The van der Waals surface area contributed by atoms with E-state index < -0.39 is 0 Å². The summed E-state index contributed by atoms with van der Waals surface area (Å²) >= 11 is 0. The van der Waals surface area contributed by atoms with Crippen LogP contribution >= 0.6 is 0 Å². The summed E-state index contributed by atoms with van der Waals surface area (Å²) in [6, 6.07) is 9.27. The third-order valence-electron chi connectivity index (χ3n) is 3.96. The van der Waals surface area contributed by atoms with Gasteiger partial charge in [-0.25, -0.2) is 9.97 Å². The number of para-hydroxylation sites is 1. The van der Waals surface area contributed by atoms with Crippen molar-refractivity contribution in [1.29, 1.82) is 0 Å². The third kappa shape index (κ3) is 2.84. The molecule has 0 bridgehead atoms. The number of anilines is 1. The van der Waals surface area contributed by atoms with Gasteiger partial charge in [-0.2, -0.15) is 0 Å². The first-order valence-electron chi connectivity index (χ1n) is 7.01. The van der Waals surface area contributed by atoms with Crippen molar-refractivity contribution in [2.45, 2.75) is 37.8 Å². The van der Waals surface area contributed by atoms with Crippen LogP contribution in [0.15, 0.2) is 30.5 Å². The molecule has 0 unspecified atom stereocenters. The Kier molecular flexibility index (Phi) is 3.60. The zero-order valence-electron chi connectivity index (χ0n) is 11.3. The predicted octanol–water partition coefficient (Wildman–Crippen LogP) is 2.57. The molecule has 0 spiro atoms. The van der Waals surface area contributed by atoms with Gasteiger partial charge in [0.2, 0.25) is 5.95 Å². The summed E-state index contributed by atoms with van der Waals surface area (Å²) in [6.07, 6.45) is 6.71. The molecule has 4 nitrogen and oxygen atoms in total. The number of fused-ring (bicyclic) bond motifs is 1. The second-order valence-corrected chi connectivity index (χ2v) is 5.23. The lowest BCUT2D eigenvalue weighted by atomic mass is 9.91. The van der Waals surface area contributed by atoms with Crippen molar-refractivity contribution >= 4 is 16.9 Å². The molecule has 0 aliphatic heterocycles. The number of hydrogen-bond acceptors (Lipinski definition) is 4. The average molecular weight is 256 g/mol. The molecular weight excluding hydrogens is 236 g/mol. The molecule has 1 heterocycles. The smallest absolute Gasteiger partial charge is 0.223 e. The Morgan fingerprint density at radius 2 is 1.79 bits per heavy atom.